The van der Waals surface area contributed by atoms with Crippen LogP contribution in [0.4, 0.5) is 0 Å². The summed E-state index contributed by atoms with van der Waals surface area (Å²) in [7, 11) is 0. The topological polar surface area (TPSA) is 69.9 Å². The lowest BCUT2D eigenvalue weighted by atomic mass is 10.1. The molecule has 2 aromatic heterocycles. The van der Waals surface area contributed by atoms with Gasteiger partial charge in [-0.2, -0.15) is 0 Å². The van der Waals surface area contributed by atoms with Crippen LogP contribution in [0.2, 0.25) is 0 Å². The fourth-order valence-corrected chi connectivity index (χ4v) is 2.65. The molecule has 3 rings (SSSR count). The van der Waals surface area contributed by atoms with E-state index in [0.717, 1.165) is 33.9 Å². The van der Waals surface area contributed by atoms with Crippen molar-refractivity contribution in [2.75, 3.05) is 0 Å². The summed E-state index contributed by atoms with van der Waals surface area (Å²) in [4.78, 5) is 4.66. The highest BCUT2D eigenvalue weighted by Crippen LogP contribution is 2.23. The Hall–Kier alpha value is -2.14. The maximum Gasteiger partial charge on any atom is 0.138 e. The minimum atomic E-state index is 0.413. The van der Waals surface area contributed by atoms with Gasteiger partial charge in [0.25, 0.3) is 0 Å². The lowest BCUT2D eigenvalue weighted by Crippen LogP contribution is -2.10. The van der Waals surface area contributed by atoms with Crippen molar-refractivity contribution in [3.05, 3.63) is 46.1 Å². The number of aromatic nitrogens is 3. The van der Waals surface area contributed by atoms with Gasteiger partial charge in [0.1, 0.15) is 11.6 Å². The van der Waals surface area contributed by atoms with Crippen LogP contribution in [-0.4, -0.2) is 14.7 Å². The molecule has 2 N–H and O–H groups in total. The number of benzene rings is 1. The molecule has 0 unspecified atom stereocenters. The molecule has 5 heteroatoms. The van der Waals surface area contributed by atoms with Gasteiger partial charge in [0.05, 0.1) is 29.8 Å². The van der Waals surface area contributed by atoms with Crippen LogP contribution in [0.25, 0.3) is 11.0 Å². The molecule has 2 heterocycles. The number of hydrogen-bond acceptors (Lipinski definition) is 4. The fourth-order valence-electron chi connectivity index (χ4n) is 2.65. The van der Waals surface area contributed by atoms with Gasteiger partial charge in [-0.05, 0) is 51.0 Å². The Kier molecular flexibility index (Phi) is 3.29. The first-order valence-electron chi connectivity index (χ1n) is 7.09. The first kappa shape index (κ1) is 13.8. The zero-order valence-corrected chi connectivity index (χ0v) is 12.9. The minimum Gasteiger partial charge on any atom is -0.361 e. The molecule has 0 bridgehead atoms. The van der Waals surface area contributed by atoms with E-state index in [1.54, 1.807) is 0 Å². The van der Waals surface area contributed by atoms with Gasteiger partial charge >= 0.3 is 0 Å². The van der Waals surface area contributed by atoms with Crippen LogP contribution in [0, 0.1) is 27.7 Å². The van der Waals surface area contributed by atoms with E-state index in [4.69, 9.17) is 10.3 Å². The second-order valence-corrected chi connectivity index (χ2v) is 5.55. The Morgan fingerprint density at radius 2 is 1.86 bits per heavy atom. The molecule has 0 radical (unpaired) electrons. The number of hydrogen-bond donors (Lipinski definition) is 1. The van der Waals surface area contributed by atoms with E-state index in [2.05, 4.69) is 40.7 Å². The average molecular weight is 284 g/mol. The van der Waals surface area contributed by atoms with Crippen LogP contribution in [0.3, 0.4) is 0 Å². The van der Waals surface area contributed by atoms with E-state index >= 15 is 0 Å². The van der Waals surface area contributed by atoms with E-state index in [1.165, 1.54) is 11.1 Å². The molecule has 0 aliphatic carbocycles. The summed E-state index contributed by atoms with van der Waals surface area (Å²) >= 11 is 0. The largest absolute Gasteiger partial charge is 0.361 e. The Morgan fingerprint density at radius 3 is 2.48 bits per heavy atom. The summed E-state index contributed by atoms with van der Waals surface area (Å²) in [5.41, 5.74) is 12.5. The zero-order valence-electron chi connectivity index (χ0n) is 12.9. The summed E-state index contributed by atoms with van der Waals surface area (Å²) in [5.74, 6) is 1.73. The van der Waals surface area contributed by atoms with Crippen molar-refractivity contribution in [1.82, 2.24) is 14.7 Å². The molecule has 21 heavy (non-hydrogen) atoms. The number of nitrogens with zero attached hydrogens (tertiary/aromatic N) is 3. The van der Waals surface area contributed by atoms with Crippen LogP contribution in [-0.2, 0) is 13.1 Å². The lowest BCUT2D eigenvalue weighted by molar-refractivity contribution is 0.392. The monoisotopic (exact) mass is 284 g/mol. The zero-order chi connectivity index (χ0) is 15.1. The van der Waals surface area contributed by atoms with E-state index < -0.39 is 0 Å². The van der Waals surface area contributed by atoms with Crippen molar-refractivity contribution < 1.29 is 4.52 Å². The Balaban J connectivity index is 2.18. The molecule has 110 valence electrons. The van der Waals surface area contributed by atoms with Crippen molar-refractivity contribution >= 4 is 11.0 Å². The van der Waals surface area contributed by atoms with Crippen LogP contribution in [0.15, 0.2) is 16.7 Å². The van der Waals surface area contributed by atoms with Gasteiger partial charge in [0.2, 0.25) is 0 Å². The van der Waals surface area contributed by atoms with Gasteiger partial charge in [0, 0.05) is 5.56 Å². The Bertz CT molecular complexity index is 794. The Labute approximate surface area is 123 Å². The number of nitrogens with two attached hydrogens (primary N) is 1. The van der Waals surface area contributed by atoms with Gasteiger partial charge in [-0.1, -0.05) is 5.16 Å². The quantitative estimate of drug-likeness (QED) is 0.803. The maximum absolute atomic E-state index is 5.87. The Morgan fingerprint density at radius 1 is 1.14 bits per heavy atom. The first-order chi connectivity index (χ1) is 10.0. The van der Waals surface area contributed by atoms with Crippen LogP contribution in [0.5, 0.6) is 0 Å². The summed E-state index contributed by atoms with van der Waals surface area (Å²) in [6, 6.07) is 4.29. The molecule has 0 saturated carbocycles. The highest BCUT2D eigenvalue weighted by Gasteiger charge is 2.15. The normalized spacial score (nSPS) is 11.5. The predicted molar refractivity (Wildman–Crippen MR) is 82.2 cm³/mol. The summed E-state index contributed by atoms with van der Waals surface area (Å²) in [5, 5.41) is 4.02. The highest BCUT2D eigenvalue weighted by atomic mass is 16.5. The van der Waals surface area contributed by atoms with Crippen molar-refractivity contribution in [2.24, 2.45) is 5.73 Å². The predicted octanol–water partition coefficient (Wildman–Crippen LogP) is 2.76. The van der Waals surface area contributed by atoms with Crippen LogP contribution < -0.4 is 5.73 Å². The van der Waals surface area contributed by atoms with Crippen LogP contribution >= 0.6 is 0 Å². The molecule has 3 aromatic rings. The molecule has 0 spiro atoms. The van der Waals surface area contributed by atoms with Gasteiger partial charge < -0.3 is 14.8 Å². The second-order valence-electron chi connectivity index (χ2n) is 5.55. The van der Waals surface area contributed by atoms with Gasteiger partial charge in [-0.3, -0.25) is 0 Å². The van der Waals surface area contributed by atoms with Gasteiger partial charge in [0.15, 0.2) is 0 Å². The van der Waals surface area contributed by atoms with Crippen molar-refractivity contribution in [3.8, 4) is 0 Å². The number of rotatable bonds is 3. The smallest absolute Gasteiger partial charge is 0.138 e. The molecule has 0 amide bonds. The molecule has 0 fully saturated rings. The third-order valence-corrected chi connectivity index (χ3v) is 4.12. The highest BCUT2D eigenvalue weighted by molar-refractivity contribution is 5.78. The van der Waals surface area contributed by atoms with Crippen molar-refractivity contribution in [2.45, 2.75) is 40.8 Å². The van der Waals surface area contributed by atoms with Gasteiger partial charge in [-0.15, -0.1) is 0 Å². The number of fused-ring (bicyclic) bond motifs is 1. The molecule has 0 aliphatic heterocycles. The van der Waals surface area contributed by atoms with E-state index in [-0.39, 0.29) is 0 Å². The molecular formula is C16H20N4O. The summed E-state index contributed by atoms with van der Waals surface area (Å²) < 4.78 is 7.42. The maximum atomic E-state index is 5.87. The molecule has 0 aliphatic rings. The van der Waals surface area contributed by atoms with Crippen molar-refractivity contribution in [3.63, 3.8) is 0 Å². The summed E-state index contributed by atoms with van der Waals surface area (Å²) in [6.45, 7) is 9.21. The molecule has 5 nitrogen and oxygen atoms in total. The van der Waals surface area contributed by atoms with Crippen LogP contribution in [0.1, 0.15) is 34.0 Å². The number of imidazole rings is 1. The van der Waals surface area contributed by atoms with Crippen molar-refractivity contribution in [1.29, 1.82) is 0 Å². The molecular weight excluding hydrogens is 264 g/mol. The SMILES string of the molecule is Cc1cc2nc(CN)n(Cc3c(C)noc3C)c2cc1C. The lowest BCUT2D eigenvalue weighted by Gasteiger charge is -2.09. The minimum absolute atomic E-state index is 0.413. The molecule has 0 atom stereocenters. The third-order valence-electron chi connectivity index (χ3n) is 4.12. The third kappa shape index (κ3) is 2.23. The fraction of sp³-hybridized carbons (Fsp3) is 0.375. The van der Waals surface area contributed by atoms with Gasteiger partial charge in [-0.25, -0.2) is 4.98 Å². The second kappa shape index (κ2) is 5.00. The van der Waals surface area contributed by atoms with E-state index in [9.17, 15) is 0 Å². The van der Waals surface area contributed by atoms with E-state index in [0.29, 0.717) is 13.1 Å². The average Bonchev–Trinajstić information content (AvgIpc) is 2.94. The summed E-state index contributed by atoms with van der Waals surface area (Å²) in [6.07, 6.45) is 0. The van der Waals surface area contributed by atoms with E-state index in [1.807, 2.05) is 13.8 Å². The number of aryl methyl sites for hydroxylation is 4. The molecule has 0 saturated heterocycles. The first-order valence-corrected chi connectivity index (χ1v) is 7.09. The molecule has 1 aromatic carbocycles. The standard InChI is InChI=1S/C16H20N4O/c1-9-5-14-15(6-10(9)2)20(16(7-17)18-14)8-13-11(3)19-21-12(13)4/h5-6H,7-8,17H2,1-4H3.